The van der Waals surface area contributed by atoms with Crippen LogP contribution >= 0.6 is 0 Å². The van der Waals surface area contributed by atoms with E-state index in [4.69, 9.17) is 0 Å². The Kier molecular flexibility index (Phi) is 4.77. The first-order chi connectivity index (χ1) is 10.0. The van der Waals surface area contributed by atoms with Crippen LogP contribution in [0.4, 0.5) is 13.2 Å². The van der Waals surface area contributed by atoms with Crippen LogP contribution < -0.4 is 0 Å². The van der Waals surface area contributed by atoms with Crippen LogP contribution in [-0.4, -0.2) is 48.8 Å². The molecule has 1 aliphatic heterocycles. The van der Waals surface area contributed by atoms with Gasteiger partial charge in [-0.25, -0.2) is 12.7 Å². The molecule has 0 aromatic rings. The van der Waals surface area contributed by atoms with E-state index in [-0.39, 0.29) is 13.1 Å². The molecule has 1 saturated heterocycles. The van der Waals surface area contributed by atoms with Crippen molar-refractivity contribution in [3.63, 3.8) is 0 Å². The van der Waals surface area contributed by atoms with E-state index < -0.39 is 39.8 Å². The quantitative estimate of drug-likeness (QED) is 0.803. The first-order valence-corrected chi connectivity index (χ1v) is 8.93. The highest BCUT2D eigenvalue weighted by atomic mass is 32.2. The molecular formula is C13H20F3NO4S. The van der Waals surface area contributed by atoms with Crippen LogP contribution in [0, 0.1) is 11.3 Å². The van der Waals surface area contributed by atoms with Gasteiger partial charge in [0.15, 0.2) is 0 Å². The molecule has 0 aromatic heterocycles. The minimum atomic E-state index is -4.54. The summed E-state index contributed by atoms with van der Waals surface area (Å²) in [5.74, 6) is -1.76. The molecule has 1 atom stereocenters. The van der Waals surface area contributed by atoms with Gasteiger partial charge in [-0.1, -0.05) is 12.8 Å². The standard InChI is InChI=1S/C13H20F3NO4S/c14-13(15,16)5-7-22(20,21)17-6-1-4-12(9-17,11(18)19)8-10-2-3-10/h10H,1-9H2,(H,18,19)/t12-/m1/s1. The zero-order valence-corrected chi connectivity index (χ0v) is 12.9. The molecule has 1 aliphatic carbocycles. The second-order valence-corrected chi connectivity index (χ2v) is 8.44. The summed E-state index contributed by atoms with van der Waals surface area (Å²) in [5, 5.41) is 9.51. The lowest BCUT2D eigenvalue weighted by atomic mass is 9.76. The van der Waals surface area contributed by atoms with E-state index in [9.17, 15) is 31.5 Å². The molecule has 2 fully saturated rings. The Balaban J connectivity index is 2.09. The molecule has 2 aliphatic rings. The Morgan fingerprint density at radius 3 is 2.45 bits per heavy atom. The summed E-state index contributed by atoms with van der Waals surface area (Å²) in [6, 6.07) is 0. The van der Waals surface area contributed by atoms with Gasteiger partial charge in [-0.15, -0.1) is 0 Å². The lowest BCUT2D eigenvalue weighted by Crippen LogP contribution is -2.50. The number of carbonyl (C=O) groups is 1. The maximum absolute atomic E-state index is 12.2. The summed E-state index contributed by atoms with van der Waals surface area (Å²) in [6.45, 7) is -0.112. The van der Waals surface area contributed by atoms with Crippen LogP contribution in [-0.2, 0) is 14.8 Å². The molecule has 1 N–H and O–H groups in total. The van der Waals surface area contributed by atoms with Crippen molar-refractivity contribution in [2.75, 3.05) is 18.8 Å². The van der Waals surface area contributed by atoms with Gasteiger partial charge in [0.05, 0.1) is 17.6 Å². The number of sulfonamides is 1. The molecule has 22 heavy (non-hydrogen) atoms. The predicted octanol–water partition coefficient (Wildman–Crippen LogP) is 2.24. The van der Waals surface area contributed by atoms with Gasteiger partial charge in [0, 0.05) is 13.1 Å². The van der Waals surface area contributed by atoms with Crippen molar-refractivity contribution in [1.29, 1.82) is 0 Å². The highest BCUT2D eigenvalue weighted by Crippen LogP contribution is 2.45. The molecule has 0 radical (unpaired) electrons. The van der Waals surface area contributed by atoms with E-state index in [1.54, 1.807) is 0 Å². The van der Waals surface area contributed by atoms with Crippen molar-refractivity contribution in [2.24, 2.45) is 11.3 Å². The van der Waals surface area contributed by atoms with Gasteiger partial charge >= 0.3 is 12.1 Å². The number of carboxylic acid groups (broad SMARTS) is 1. The van der Waals surface area contributed by atoms with Crippen molar-refractivity contribution >= 4 is 16.0 Å². The molecule has 2 rings (SSSR count). The van der Waals surface area contributed by atoms with Crippen LogP contribution in [0.3, 0.4) is 0 Å². The third-order valence-electron chi connectivity index (χ3n) is 4.41. The second-order valence-electron chi connectivity index (χ2n) is 6.35. The lowest BCUT2D eigenvalue weighted by Gasteiger charge is -2.39. The van der Waals surface area contributed by atoms with Crippen molar-refractivity contribution in [2.45, 2.75) is 44.7 Å². The zero-order chi connectivity index (χ0) is 16.6. The van der Waals surface area contributed by atoms with Gasteiger partial charge in [0.25, 0.3) is 0 Å². The molecule has 1 saturated carbocycles. The molecule has 9 heteroatoms. The number of halogens is 3. The average molecular weight is 343 g/mol. The van der Waals surface area contributed by atoms with Gasteiger partial charge in [0.2, 0.25) is 10.0 Å². The number of nitrogens with zero attached hydrogens (tertiary/aromatic N) is 1. The number of rotatable bonds is 6. The topological polar surface area (TPSA) is 74.7 Å². The van der Waals surface area contributed by atoms with E-state index in [0.29, 0.717) is 25.2 Å². The highest BCUT2D eigenvalue weighted by Gasteiger charge is 2.48. The Labute approximate surface area is 127 Å². The van der Waals surface area contributed by atoms with Crippen molar-refractivity contribution in [1.82, 2.24) is 4.31 Å². The van der Waals surface area contributed by atoms with E-state index in [1.165, 1.54) is 0 Å². The second kappa shape index (κ2) is 5.99. The maximum atomic E-state index is 12.2. The number of carboxylic acids is 1. The average Bonchev–Trinajstić information content (AvgIpc) is 3.20. The SMILES string of the molecule is O=C(O)[C@@]1(CC2CC2)CCCN(S(=O)(=O)CCC(F)(F)F)C1. The van der Waals surface area contributed by atoms with Crippen LogP contribution in [0.2, 0.25) is 0 Å². The highest BCUT2D eigenvalue weighted by molar-refractivity contribution is 7.89. The molecule has 0 spiro atoms. The monoisotopic (exact) mass is 343 g/mol. The Morgan fingerprint density at radius 1 is 1.32 bits per heavy atom. The summed E-state index contributed by atoms with van der Waals surface area (Å²) in [4.78, 5) is 11.6. The van der Waals surface area contributed by atoms with Crippen LogP contribution in [0.5, 0.6) is 0 Å². The minimum absolute atomic E-state index is 0.0971. The molecule has 0 unspecified atom stereocenters. The summed E-state index contributed by atoms with van der Waals surface area (Å²) < 4.78 is 61.8. The van der Waals surface area contributed by atoms with Crippen LogP contribution in [0.25, 0.3) is 0 Å². The van der Waals surface area contributed by atoms with E-state index in [0.717, 1.165) is 17.1 Å². The smallest absolute Gasteiger partial charge is 0.390 e. The van der Waals surface area contributed by atoms with E-state index in [2.05, 4.69) is 0 Å². The largest absolute Gasteiger partial charge is 0.481 e. The van der Waals surface area contributed by atoms with Gasteiger partial charge in [-0.2, -0.15) is 13.2 Å². The Hall–Kier alpha value is -0.830. The molecule has 5 nitrogen and oxygen atoms in total. The van der Waals surface area contributed by atoms with E-state index in [1.807, 2.05) is 0 Å². The number of alkyl halides is 3. The van der Waals surface area contributed by atoms with Gasteiger partial charge in [-0.05, 0) is 25.2 Å². The molecule has 128 valence electrons. The third-order valence-corrected chi connectivity index (χ3v) is 6.23. The number of hydrogen-bond acceptors (Lipinski definition) is 3. The van der Waals surface area contributed by atoms with Crippen molar-refractivity contribution in [3.8, 4) is 0 Å². The number of piperidine rings is 1. The lowest BCUT2D eigenvalue weighted by molar-refractivity contribution is -0.152. The molecule has 0 bridgehead atoms. The normalized spacial score (nSPS) is 27.8. The van der Waals surface area contributed by atoms with Gasteiger partial charge < -0.3 is 5.11 Å². The summed E-state index contributed by atoms with van der Waals surface area (Å²) in [7, 11) is -4.09. The van der Waals surface area contributed by atoms with Gasteiger partial charge in [-0.3, -0.25) is 4.79 Å². The third kappa shape index (κ3) is 4.34. The van der Waals surface area contributed by atoms with Crippen molar-refractivity contribution < 1.29 is 31.5 Å². The van der Waals surface area contributed by atoms with Crippen LogP contribution in [0.1, 0.15) is 38.5 Å². The predicted molar refractivity (Wildman–Crippen MR) is 72.7 cm³/mol. The minimum Gasteiger partial charge on any atom is -0.481 e. The Bertz CT molecular complexity index is 530. The molecule has 0 aromatic carbocycles. The fraction of sp³-hybridized carbons (Fsp3) is 0.923. The van der Waals surface area contributed by atoms with E-state index >= 15 is 0 Å². The molecule has 1 heterocycles. The maximum Gasteiger partial charge on any atom is 0.390 e. The summed E-state index contributed by atoms with van der Waals surface area (Å²) in [6.07, 6.45) is -2.91. The molecular weight excluding hydrogens is 323 g/mol. The number of hydrogen-bond donors (Lipinski definition) is 1. The number of aliphatic carboxylic acids is 1. The van der Waals surface area contributed by atoms with Crippen LogP contribution in [0.15, 0.2) is 0 Å². The Morgan fingerprint density at radius 2 is 1.95 bits per heavy atom. The first kappa shape index (κ1) is 17.5. The van der Waals surface area contributed by atoms with Crippen molar-refractivity contribution in [3.05, 3.63) is 0 Å². The fourth-order valence-electron chi connectivity index (χ4n) is 3.00. The first-order valence-electron chi connectivity index (χ1n) is 7.32. The fourth-order valence-corrected chi connectivity index (χ4v) is 4.60. The van der Waals surface area contributed by atoms with Gasteiger partial charge in [0.1, 0.15) is 0 Å². The summed E-state index contributed by atoms with van der Waals surface area (Å²) >= 11 is 0. The molecule has 0 amide bonds. The zero-order valence-electron chi connectivity index (χ0n) is 12.1. The summed E-state index contributed by atoms with van der Waals surface area (Å²) in [5.41, 5.74) is -1.15.